The smallest absolute Gasteiger partial charge is 0.323 e. The van der Waals surface area contributed by atoms with Crippen molar-refractivity contribution >= 4 is 23.5 Å². The van der Waals surface area contributed by atoms with Gasteiger partial charge < -0.3 is 9.42 Å². The summed E-state index contributed by atoms with van der Waals surface area (Å²) < 4.78 is 5.03. The molecule has 2 rings (SSSR count). The van der Waals surface area contributed by atoms with Crippen molar-refractivity contribution < 1.29 is 9.32 Å². The van der Waals surface area contributed by atoms with Crippen molar-refractivity contribution in [3.63, 3.8) is 0 Å². The lowest BCUT2D eigenvalue weighted by Gasteiger charge is -2.10. The molecule has 94 valence electrons. The molecule has 1 aromatic heterocycles. The van der Waals surface area contributed by atoms with Crippen LogP contribution in [0.4, 0.5) is 10.7 Å². The predicted octanol–water partition coefficient (Wildman–Crippen LogP) is 3.09. The van der Waals surface area contributed by atoms with Gasteiger partial charge in [-0.3, -0.25) is 5.32 Å². The average Bonchev–Trinajstić information content (AvgIpc) is 2.78. The monoisotopic (exact) mass is 265 g/mol. The van der Waals surface area contributed by atoms with Gasteiger partial charge in [-0.2, -0.15) is 0 Å². The lowest BCUT2D eigenvalue weighted by atomic mass is 10.1. The minimum atomic E-state index is -0.276. The fraction of sp³-hybridized carbons (Fsp3) is 0.167. The summed E-state index contributed by atoms with van der Waals surface area (Å²) in [7, 11) is 3.29. The van der Waals surface area contributed by atoms with Gasteiger partial charge in [-0.1, -0.05) is 28.9 Å². The first kappa shape index (κ1) is 12.4. The molecule has 2 aromatic rings. The van der Waals surface area contributed by atoms with Gasteiger partial charge in [0.1, 0.15) is 0 Å². The summed E-state index contributed by atoms with van der Waals surface area (Å²) in [4.78, 5) is 13.0. The van der Waals surface area contributed by atoms with Crippen molar-refractivity contribution in [3.05, 3.63) is 35.5 Å². The highest BCUT2D eigenvalue weighted by molar-refractivity contribution is 6.30. The van der Waals surface area contributed by atoms with Gasteiger partial charge in [0.25, 0.3) is 0 Å². The third kappa shape index (κ3) is 2.62. The summed E-state index contributed by atoms with van der Waals surface area (Å²) in [6.07, 6.45) is 1.55. The molecule has 0 aliphatic carbocycles. The number of nitrogens with one attached hydrogen (secondary N) is 1. The first-order chi connectivity index (χ1) is 8.58. The van der Waals surface area contributed by atoms with E-state index in [1.165, 1.54) is 4.90 Å². The molecule has 0 saturated heterocycles. The van der Waals surface area contributed by atoms with Crippen LogP contribution in [0.2, 0.25) is 5.02 Å². The van der Waals surface area contributed by atoms with Crippen molar-refractivity contribution in [1.29, 1.82) is 0 Å². The molecule has 0 aliphatic heterocycles. The zero-order valence-corrected chi connectivity index (χ0v) is 10.7. The van der Waals surface area contributed by atoms with E-state index in [0.717, 1.165) is 5.56 Å². The molecule has 1 heterocycles. The molecule has 1 N–H and O–H groups in total. The molecule has 1 aromatic carbocycles. The van der Waals surface area contributed by atoms with Gasteiger partial charge in [0.05, 0.1) is 11.8 Å². The van der Waals surface area contributed by atoms with E-state index >= 15 is 0 Å². The Labute approximate surface area is 109 Å². The minimum absolute atomic E-state index is 0.276. The Morgan fingerprint density at radius 2 is 2.00 bits per heavy atom. The minimum Gasteiger partial charge on any atom is -0.338 e. The summed E-state index contributed by atoms with van der Waals surface area (Å²) in [5.41, 5.74) is 1.58. The Hall–Kier alpha value is -2.01. The molecule has 0 atom stereocenters. The fourth-order valence-corrected chi connectivity index (χ4v) is 1.50. The van der Waals surface area contributed by atoms with Crippen LogP contribution >= 0.6 is 11.6 Å². The maximum Gasteiger partial charge on any atom is 0.323 e. The third-order valence-electron chi connectivity index (χ3n) is 2.35. The molecule has 6 heteroatoms. The van der Waals surface area contributed by atoms with Crippen molar-refractivity contribution in [1.82, 2.24) is 10.1 Å². The van der Waals surface area contributed by atoms with Crippen LogP contribution < -0.4 is 5.32 Å². The summed E-state index contributed by atoms with van der Waals surface area (Å²) >= 11 is 5.82. The van der Waals surface area contributed by atoms with Crippen molar-refractivity contribution in [3.8, 4) is 11.1 Å². The standard InChI is InChI=1S/C12H12ClN3O2/c1-16(2)12(17)15-11-10(7-14-18-11)8-3-5-9(13)6-4-8/h3-7H,1-2H3,(H,15,17). The third-order valence-corrected chi connectivity index (χ3v) is 2.60. The zero-order chi connectivity index (χ0) is 13.1. The molecule has 0 saturated carbocycles. The average molecular weight is 266 g/mol. The summed E-state index contributed by atoms with van der Waals surface area (Å²) in [5.74, 6) is 0.316. The van der Waals surface area contributed by atoms with E-state index in [1.807, 2.05) is 12.1 Å². The van der Waals surface area contributed by atoms with Crippen LogP contribution in [0.3, 0.4) is 0 Å². The Morgan fingerprint density at radius 3 is 2.61 bits per heavy atom. The summed E-state index contributed by atoms with van der Waals surface area (Å²) in [6, 6.07) is 6.92. The Kier molecular flexibility index (Phi) is 3.53. The predicted molar refractivity (Wildman–Crippen MR) is 69.7 cm³/mol. The zero-order valence-electron chi connectivity index (χ0n) is 9.98. The van der Waals surface area contributed by atoms with Crippen molar-refractivity contribution in [2.75, 3.05) is 19.4 Å². The van der Waals surface area contributed by atoms with Gasteiger partial charge in [0.15, 0.2) is 0 Å². The van der Waals surface area contributed by atoms with Gasteiger partial charge >= 0.3 is 6.03 Å². The number of nitrogens with zero attached hydrogens (tertiary/aromatic N) is 2. The highest BCUT2D eigenvalue weighted by Gasteiger charge is 2.14. The van der Waals surface area contributed by atoms with Crippen LogP contribution in [-0.2, 0) is 0 Å². The quantitative estimate of drug-likeness (QED) is 0.908. The normalized spacial score (nSPS) is 10.2. The molecule has 0 bridgehead atoms. The molecule has 2 amide bonds. The van der Waals surface area contributed by atoms with Crippen molar-refractivity contribution in [2.45, 2.75) is 0 Å². The fourth-order valence-electron chi connectivity index (χ4n) is 1.37. The summed E-state index contributed by atoms with van der Waals surface area (Å²) in [5, 5.41) is 6.97. The lowest BCUT2D eigenvalue weighted by molar-refractivity contribution is 0.229. The largest absolute Gasteiger partial charge is 0.338 e. The van der Waals surface area contributed by atoms with E-state index in [0.29, 0.717) is 16.5 Å². The highest BCUT2D eigenvalue weighted by Crippen LogP contribution is 2.28. The van der Waals surface area contributed by atoms with E-state index < -0.39 is 0 Å². The van der Waals surface area contributed by atoms with Gasteiger partial charge in [-0.15, -0.1) is 0 Å². The van der Waals surface area contributed by atoms with Crippen molar-refractivity contribution in [2.24, 2.45) is 0 Å². The molecule has 0 unspecified atom stereocenters. The number of hydrogen-bond acceptors (Lipinski definition) is 3. The SMILES string of the molecule is CN(C)C(=O)Nc1oncc1-c1ccc(Cl)cc1. The first-order valence-electron chi connectivity index (χ1n) is 5.27. The molecule has 0 spiro atoms. The van der Waals surface area contributed by atoms with Crippen LogP contribution in [-0.4, -0.2) is 30.2 Å². The number of hydrogen-bond donors (Lipinski definition) is 1. The maximum atomic E-state index is 11.6. The number of rotatable bonds is 2. The molecular formula is C12H12ClN3O2. The van der Waals surface area contributed by atoms with E-state index in [2.05, 4.69) is 10.5 Å². The van der Waals surface area contributed by atoms with Crippen LogP contribution in [0, 0.1) is 0 Å². The second-order valence-corrected chi connectivity index (χ2v) is 4.34. The van der Waals surface area contributed by atoms with E-state index in [4.69, 9.17) is 16.1 Å². The molecule has 5 nitrogen and oxygen atoms in total. The van der Waals surface area contributed by atoms with Crippen LogP contribution in [0.1, 0.15) is 0 Å². The number of urea groups is 1. The lowest BCUT2D eigenvalue weighted by Crippen LogP contribution is -2.27. The topological polar surface area (TPSA) is 58.4 Å². The highest BCUT2D eigenvalue weighted by atomic mass is 35.5. The number of benzene rings is 1. The van der Waals surface area contributed by atoms with Crippen LogP contribution in [0.5, 0.6) is 0 Å². The Morgan fingerprint density at radius 1 is 1.33 bits per heavy atom. The molecular weight excluding hydrogens is 254 g/mol. The van der Waals surface area contributed by atoms with Crippen LogP contribution in [0.15, 0.2) is 35.0 Å². The van der Waals surface area contributed by atoms with Gasteiger partial charge in [-0.25, -0.2) is 4.79 Å². The number of carbonyl (C=O) groups excluding carboxylic acids is 1. The molecule has 18 heavy (non-hydrogen) atoms. The van der Waals surface area contributed by atoms with E-state index in [-0.39, 0.29) is 6.03 Å². The van der Waals surface area contributed by atoms with E-state index in [1.54, 1.807) is 32.4 Å². The van der Waals surface area contributed by atoms with Gasteiger partial charge in [0.2, 0.25) is 5.88 Å². The molecule has 0 aliphatic rings. The second-order valence-electron chi connectivity index (χ2n) is 3.90. The summed E-state index contributed by atoms with van der Waals surface area (Å²) in [6.45, 7) is 0. The number of anilines is 1. The number of amides is 2. The van der Waals surface area contributed by atoms with Crippen LogP contribution in [0.25, 0.3) is 11.1 Å². The molecule has 0 fully saturated rings. The number of halogens is 1. The van der Waals surface area contributed by atoms with E-state index in [9.17, 15) is 4.79 Å². The number of aromatic nitrogens is 1. The van der Waals surface area contributed by atoms with Gasteiger partial charge in [0, 0.05) is 19.1 Å². The second kappa shape index (κ2) is 5.10. The maximum absolute atomic E-state index is 11.6. The molecule has 0 radical (unpaired) electrons. The first-order valence-corrected chi connectivity index (χ1v) is 5.64. The Bertz CT molecular complexity index is 549. The Balaban J connectivity index is 2.27. The van der Waals surface area contributed by atoms with Gasteiger partial charge in [-0.05, 0) is 17.7 Å². The number of carbonyl (C=O) groups is 1.